The monoisotopic (exact) mass is 258 g/mol. The van der Waals surface area contributed by atoms with Crippen molar-refractivity contribution in [2.24, 2.45) is 5.73 Å². The van der Waals surface area contributed by atoms with Gasteiger partial charge >= 0.3 is 0 Å². The molecule has 1 amide bonds. The predicted octanol–water partition coefficient (Wildman–Crippen LogP) is 0.600. The zero-order valence-corrected chi connectivity index (χ0v) is 11.0. The van der Waals surface area contributed by atoms with E-state index >= 15 is 0 Å². The number of carbonyl (C=O) groups excluding carboxylic acids is 1. The number of nitrogens with two attached hydrogens (primary N) is 1. The van der Waals surface area contributed by atoms with E-state index in [1.165, 1.54) is 0 Å². The Kier molecular flexibility index (Phi) is 4.03. The molecule has 1 fully saturated rings. The maximum atomic E-state index is 11.0. The van der Waals surface area contributed by atoms with E-state index in [-0.39, 0.29) is 18.0 Å². The molecule has 1 aliphatic rings. The number of nitriles is 1. The topological polar surface area (TPSA) is 82.2 Å². The molecule has 3 N–H and O–H groups in total. The molecule has 1 saturated heterocycles. The Bertz CT molecular complexity index is 508. The highest BCUT2D eigenvalue weighted by molar-refractivity contribution is 5.79. The average molecular weight is 258 g/mol. The van der Waals surface area contributed by atoms with E-state index in [1.807, 2.05) is 24.3 Å². The number of primary amides is 1. The third kappa shape index (κ3) is 3.04. The highest BCUT2D eigenvalue weighted by Gasteiger charge is 2.26. The van der Waals surface area contributed by atoms with Crippen LogP contribution in [0.25, 0.3) is 0 Å². The van der Waals surface area contributed by atoms with E-state index in [4.69, 9.17) is 11.0 Å². The van der Waals surface area contributed by atoms with Gasteiger partial charge in [-0.3, -0.25) is 4.79 Å². The van der Waals surface area contributed by atoms with Gasteiger partial charge in [-0.25, -0.2) is 0 Å². The lowest BCUT2D eigenvalue weighted by molar-refractivity contribution is -0.119. The first kappa shape index (κ1) is 13.4. The van der Waals surface area contributed by atoms with E-state index < -0.39 is 0 Å². The molecule has 0 radical (unpaired) electrons. The lowest BCUT2D eigenvalue weighted by Crippen LogP contribution is -2.45. The Hall–Kier alpha value is -2.06. The summed E-state index contributed by atoms with van der Waals surface area (Å²) in [6.07, 6.45) is 0.942. The van der Waals surface area contributed by atoms with Crippen LogP contribution in [-0.4, -0.2) is 31.1 Å². The Morgan fingerprint density at radius 2 is 2.32 bits per heavy atom. The fourth-order valence-electron chi connectivity index (χ4n) is 2.39. The van der Waals surface area contributed by atoms with Gasteiger partial charge in [0.2, 0.25) is 5.91 Å². The molecule has 1 heterocycles. The number of para-hydroxylation sites is 1. The maximum Gasteiger partial charge on any atom is 0.234 e. The van der Waals surface area contributed by atoms with E-state index in [9.17, 15) is 4.79 Å². The van der Waals surface area contributed by atoms with Gasteiger partial charge < -0.3 is 16.0 Å². The third-order valence-corrected chi connectivity index (χ3v) is 3.47. The van der Waals surface area contributed by atoms with Crippen LogP contribution in [0.5, 0.6) is 0 Å². The highest BCUT2D eigenvalue weighted by atomic mass is 16.1. The highest BCUT2D eigenvalue weighted by Crippen LogP contribution is 2.24. The van der Waals surface area contributed by atoms with Gasteiger partial charge in [0.25, 0.3) is 0 Å². The lowest BCUT2D eigenvalue weighted by Gasteiger charge is -2.21. The molecule has 0 unspecified atom stereocenters. The van der Waals surface area contributed by atoms with E-state index in [1.54, 1.807) is 6.92 Å². The van der Waals surface area contributed by atoms with Gasteiger partial charge in [-0.05, 0) is 25.5 Å². The molecular weight excluding hydrogens is 240 g/mol. The molecule has 5 heteroatoms. The molecule has 0 aromatic heterocycles. The normalized spacial score (nSPS) is 20.0. The van der Waals surface area contributed by atoms with Crippen LogP contribution in [-0.2, 0) is 4.79 Å². The van der Waals surface area contributed by atoms with Crippen LogP contribution in [0.1, 0.15) is 18.9 Å². The van der Waals surface area contributed by atoms with Crippen molar-refractivity contribution >= 4 is 11.6 Å². The van der Waals surface area contributed by atoms with Crippen LogP contribution in [0.2, 0.25) is 0 Å². The minimum Gasteiger partial charge on any atom is -0.369 e. The average Bonchev–Trinajstić information content (AvgIpc) is 2.86. The molecule has 2 rings (SSSR count). The molecule has 0 aliphatic carbocycles. The standard InChI is InChI=1S/C14H18N4O/c1-10(14(16)19)17-12-6-7-18(9-12)13-5-3-2-4-11(13)8-15/h2-5,10,12,17H,6-7,9H2,1H3,(H2,16,19)/t10-,12-/m0/s1. The second-order valence-electron chi connectivity index (χ2n) is 4.85. The number of nitrogens with zero attached hydrogens (tertiary/aromatic N) is 2. The Morgan fingerprint density at radius 1 is 1.58 bits per heavy atom. The summed E-state index contributed by atoms with van der Waals surface area (Å²) in [5, 5.41) is 12.3. The summed E-state index contributed by atoms with van der Waals surface area (Å²) in [6.45, 7) is 3.44. The largest absolute Gasteiger partial charge is 0.369 e. The number of carbonyl (C=O) groups is 1. The third-order valence-electron chi connectivity index (χ3n) is 3.47. The predicted molar refractivity (Wildman–Crippen MR) is 73.6 cm³/mol. The summed E-state index contributed by atoms with van der Waals surface area (Å²) < 4.78 is 0. The quantitative estimate of drug-likeness (QED) is 0.828. The molecule has 1 aromatic rings. The van der Waals surface area contributed by atoms with Crippen molar-refractivity contribution in [3.8, 4) is 6.07 Å². The first-order chi connectivity index (χ1) is 9.11. The van der Waals surface area contributed by atoms with Crippen LogP contribution in [0.15, 0.2) is 24.3 Å². The molecule has 0 bridgehead atoms. The molecule has 0 spiro atoms. The van der Waals surface area contributed by atoms with Gasteiger partial charge in [-0.15, -0.1) is 0 Å². The molecule has 0 saturated carbocycles. The van der Waals surface area contributed by atoms with Crippen molar-refractivity contribution in [3.05, 3.63) is 29.8 Å². The number of benzene rings is 1. The van der Waals surface area contributed by atoms with Crippen molar-refractivity contribution in [1.82, 2.24) is 5.32 Å². The summed E-state index contributed by atoms with van der Waals surface area (Å²) in [6, 6.07) is 9.69. The lowest BCUT2D eigenvalue weighted by atomic mass is 10.2. The number of rotatable bonds is 4. The smallest absolute Gasteiger partial charge is 0.234 e. The summed E-state index contributed by atoms with van der Waals surface area (Å²) in [5.41, 5.74) is 6.89. The first-order valence-corrected chi connectivity index (χ1v) is 6.41. The van der Waals surface area contributed by atoms with Crippen molar-refractivity contribution in [2.75, 3.05) is 18.0 Å². The maximum absolute atomic E-state index is 11.0. The molecule has 1 aromatic carbocycles. The fraction of sp³-hybridized carbons (Fsp3) is 0.429. The molecule has 1 aliphatic heterocycles. The first-order valence-electron chi connectivity index (χ1n) is 6.41. The van der Waals surface area contributed by atoms with Crippen LogP contribution < -0.4 is 16.0 Å². The van der Waals surface area contributed by atoms with Crippen LogP contribution >= 0.6 is 0 Å². The van der Waals surface area contributed by atoms with Gasteiger partial charge in [0.1, 0.15) is 6.07 Å². The Balaban J connectivity index is 2.02. The van der Waals surface area contributed by atoms with Crippen molar-refractivity contribution in [3.63, 3.8) is 0 Å². The van der Waals surface area contributed by atoms with Gasteiger partial charge in [0, 0.05) is 19.1 Å². The zero-order chi connectivity index (χ0) is 13.8. The number of nitrogens with one attached hydrogen (secondary N) is 1. The summed E-state index contributed by atoms with van der Waals surface area (Å²) in [7, 11) is 0. The number of hydrogen-bond donors (Lipinski definition) is 2. The van der Waals surface area contributed by atoms with Crippen molar-refractivity contribution < 1.29 is 4.79 Å². The minimum absolute atomic E-state index is 0.231. The Labute approximate surface area is 113 Å². The van der Waals surface area contributed by atoms with Crippen molar-refractivity contribution in [1.29, 1.82) is 5.26 Å². The summed E-state index contributed by atoms with van der Waals surface area (Å²) in [4.78, 5) is 13.2. The number of amides is 1. The second-order valence-corrected chi connectivity index (χ2v) is 4.85. The van der Waals surface area contributed by atoms with Gasteiger partial charge in [-0.2, -0.15) is 5.26 Å². The molecule has 2 atom stereocenters. The van der Waals surface area contributed by atoms with E-state index in [2.05, 4.69) is 16.3 Å². The molecule has 5 nitrogen and oxygen atoms in total. The van der Waals surface area contributed by atoms with Crippen LogP contribution in [0, 0.1) is 11.3 Å². The summed E-state index contributed by atoms with van der Waals surface area (Å²) >= 11 is 0. The van der Waals surface area contributed by atoms with E-state index in [0.29, 0.717) is 5.56 Å². The Morgan fingerprint density at radius 3 is 3.00 bits per heavy atom. The van der Waals surface area contributed by atoms with Gasteiger partial charge in [-0.1, -0.05) is 12.1 Å². The minimum atomic E-state index is -0.337. The second kappa shape index (κ2) is 5.72. The van der Waals surface area contributed by atoms with Crippen molar-refractivity contribution in [2.45, 2.75) is 25.4 Å². The molecule has 19 heavy (non-hydrogen) atoms. The number of hydrogen-bond acceptors (Lipinski definition) is 4. The number of anilines is 1. The van der Waals surface area contributed by atoms with Crippen LogP contribution in [0.3, 0.4) is 0 Å². The molecular formula is C14H18N4O. The van der Waals surface area contributed by atoms with Gasteiger partial charge in [0.05, 0.1) is 17.3 Å². The van der Waals surface area contributed by atoms with Gasteiger partial charge in [0.15, 0.2) is 0 Å². The van der Waals surface area contributed by atoms with Crippen LogP contribution in [0.4, 0.5) is 5.69 Å². The fourth-order valence-corrected chi connectivity index (χ4v) is 2.39. The molecule has 100 valence electrons. The van der Waals surface area contributed by atoms with E-state index in [0.717, 1.165) is 25.2 Å². The summed E-state index contributed by atoms with van der Waals surface area (Å²) in [5.74, 6) is -0.337. The zero-order valence-electron chi connectivity index (χ0n) is 11.0. The SMILES string of the molecule is C[C@H](N[C@H]1CCN(c2ccccc2C#N)C1)C(N)=O.